The topological polar surface area (TPSA) is 134 Å². The number of carbonyl (C=O) groups is 1. The van der Waals surface area contributed by atoms with Crippen molar-refractivity contribution < 1.29 is 43.1 Å². The molecule has 52 heavy (non-hydrogen) atoms. The smallest absolute Gasteiger partial charge is 0.239 e. The minimum absolute atomic E-state index is 0.0527. The molecule has 6 atom stereocenters. The summed E-state index contributed by atoms with van der Waals surface area (Å²) in [6, 6.07) is 13.9. The summed E-state index contributed by atoms with van der Waals surface area (Å²) in [6.45, 7) is 12.2. The maximum Gasteiger partial charge on any atom is 0.239 e. The number of nitrogens with zero attached hydrogens (tertiary/aromatic N) is 2. The summed E-state index contributed by atoms with van der Waals surface area (Å²) in [5.41, 5.74) is 10.6. The summed E-state index contributed by atoms with van der Waals surface area (Å²) in [7, 11) is 4.96. The molecule has 1 amide bonds. The molecular weight excluding hydrogens is 666 g/mol. The highest BCUT2D eigenvalue weighted by molar-refractivity contribution is 5.82. The van der Waals surface area contributed by atoms with Gasteiger partial charge in [0.2, 0.25) is 5.91 Å². The first-order valence-electron chi connectivity index (χ1n) is 18.7. The predicted octanol–water partition coefficient (Wildman–Crippen LogP) is 4.00. The standard InChI is InChI=1S/C40H63N3O9/c1-28(2)18-34(41)40(45)43-20-37(51-25-31-10-13-36-35(19-31)42(15-17-50-36)14-7-16-46-4)39(38(21-43)52-27-33(44)26-48-6)32-11-8-30(9-12-32)24-49-23-29(3)22-47-5/h8-13,19,28-29,33-34,37-39,44H,7,14-18,20-27,41H2,1-6H3/t29?,33?,34?,37-,38+,39+/m0/s1. The van der Waals surface area contributed by atoms with E-state index < -0.39 is 24.4 Å². The van der Waals surface area contributed by atoms with Gasteiger partial charge in [0.15, 0.2) is 0 Å². The van der Waals surface area contributed by atoms with Crippen LogP contribution in [0.15, 0.2) is 42.5 Å². The fraction of sp³-hybridized carbons (Fsp3) is 0.675. The fourth-order valence-electron chi connectivity index (χ4n) is 7.01. The van der Waals surface area contributed by atoms with E-state index in [1.54, 1.807) is 26.2 Å². The minimum Gasteiger partial charge on any atom is -0.490 e. The Morgan fingerprint density at radius 2 is 1.62 bits per heavy atom. The lowest BCUT2D eigenvalue weighted by Gasteiger charge is -2.44. The summed E-state index contributed by atoms with van der Waals surface area (Å²) < 4.78 is 40.9. The highest BCUT2D eigenvalue weighted by Gasteiger charge is 2.42. The van der Waals surface area contributed by atoms with E-state index in [0.29, 0.717) is 65.1 Å². The average molecular weight is 730 g/mol. The highest BCUT2D eigenvalue weighted by atomic mass is 16.5. The third kappa shape index (κ3) is 12.7. The molecule has 2 aromatic carbocycles. The van der Waals surface area contributed by atoms with Gasteiger partial charge in [0.1, 0.15) is 18.5 Å². The molecule has 2 aromatic rings. The van der Waals surface area contributed by atoms with E-state index in [4.69, 9.17) is 38.9 Å². The number of anilines is 1. The zero-order valence-corrected chi connectivity index (χ0v) is 32.2. The molecule has 12 heteroatoms. The molecule has 0 aliphatic carbocycles. The van der Waals surface area contributed by atoms with Crippen molar-refractivity contribution in [2.45, 2.75) is 77.1 Å². The van der Waals surface area contributed by atoms with Crippen molar-refractivity contribution in [3.05, 3.63) is 59.2 Å². The van der Waals surface area contributed by atoms with Gasteiger partial charge in [-0.15, -0.1) is 0 Å². The van der Waals surface area contributed by atoms with Crippen LogP contribution in [0, 0.1) is 11.8 Å². The molecule has 1 fully saturated rings. The van der Waals surface area contributed by atoms with E-state index in [9.17, 15) is 9.90 Å². The van der Waals surface area contributed by atoms with Crippen LogP contribution in [0.2, 0.25) is 0 Å². The van der Waals surface area contributed by atoms with Crippen LogP contribution in [0.25, 0.3) is 0 Å². The molecule has 0 radical (unpaired) electrons. The number of likely N-dealkylation sites (tertiary alicyclic amines) is 1. The highest BCUT2D eigenvalue weighted by Crippen LogP contribution is 2.36. The van der Waals surface area contributed by atoms with Gasteiger partial charge in [-0.3, -0.25) is 4.79 Å². The van der Waals surface area contributed by atoms with E-state index >= 15 is 0 Å². The van der Waals surface area contributed by atoms with Crippen LogP contribution in [0.3, 0.4) is 0 Å². The lowest BCUT2D eigenvalue weighted by atomic mass is 9.83. The Balaban J connectivity index is 1.60. The number of aliphatic hydroxyl groups is 1. The monoisotopic (exact) mass is 729 g/mol. The van der Waals surface area contributed by atoms with Crippen molar-refractivity contribution in [2.75, 3.05) is 92.0 Å². The van der Waals surface area contributed by atoms with Crippen LogP contribution in [0.4, 0.5) is 5.69 Å². The normalized spacial score (nSPS) is 20.8. The number of carbonyl (C=O) groups excluding carboxylic acids is 1. The van der Waals surface area contributed by atoms with Gasteiger partial charge in [-0.1, -0.05) is 51.1 Å². The maximum atomic E-state index is 13.8. The lowest BCUT2D eigenvalue weighted by Crippen LogP contribution is -2.58. The van der Waals surface area contributed by atoms with E-state index in [-0.39, 0.29) is 31.0 Å². The molecule has 3 N–H and O–H groups in total. The molecule has 2 aliphatic heterocycles. The molecule has 1 saturated heterocycles. The Morgan fingerprint density at radius 3 is 2.31 bits per heavy atom. The SMILES string of the molecule is COCCCN1CCOc2ccc(CO[C@H]3CN(C(=O)C(N)CC(C)C)C[C@@H](OCC(O)COC)[C@@H]3c3ccc(COCC(C)COC)cc3)cc21. The predicted molar refractivity (Wildman–Crippen MR) is 201 cm³/mol. The average Bonchev–Trinajstić information content (AvgIpc) is 3.13. The zero-order chi connectivity index (χ0) is 37.5. The first-order valence-corrected chi connectivity index (χ1v) is 18.7. The molecule has 0 aromatic heterocycles. The molecule has 12 nitrogen and oxygen atoms in total. The summed E-state index contributed by atoms with van der Waals surface area (Å²) in [4.78, 5) is 17.9. The second-order valence-corrected chi connectivity index (χ2v) is 14.6. The Labute approximate surface area is 310 Å². The number of aliphatic hydroxyl groups excluding tert-OH is 1. The van der Waals surface area contributed by atoms with Crippen molar-refractivity contribution in [3.8, 4) is 5.75 Å². The maximum absolute atomic E-state index is 13.8. The molecule has 3 unspecified atom stereocenters. The third-order valence-corrected chi connectivity index (χ3v) is 9.53. The Morgan fingerprint density at radius 1 is 0.904 bits per heavy atom. The van der Waals surface area contributed by atoms with Crippen LogP contribution < -0.4 is 15.4 Å². The molecule has 2 aliphatic rings. The van der Waals surface area contributed by atoms with Crippen molar-refractivity contribution in [3.63, 3.8) is 0 Å². The van der Waals surface area contributed by atoms with Gasteiger partial charge in [-0.25, -0.2) is 0 Å². The van der Waals surface area contributed by atoms with Gasteiger partial charge in [-0.05, 0) is 47.6 Å². The number of ether oxygens (including phenoxy) is 7. The summed E-state index contributed by atoms with van der Waals surface area (Å²) in [5.74, 6) is 1.08. The molecule has 0 bridgehead atoms. The Bertz CT molecular complexity index is 1330. The van der Waals surface area contributed by atoms with Gasteiger partial charge in [-0.2, -0.15) is 0 Å². The molecule has 0 saturated carbocycles. The minimum atomic E-state index is -0.816. The number of piperidine rings is 1. The number of nitrogens with two attached hydrogens (primary N) is 1. The largest absolute Gasteiger partial charge is 0.490 e. The van der Waals surface area contributed by atoms with Crippen LogP contribution in [0.1, 0.15) is 56.2 Å². The number of amides is 1. The lowest BCUT2D eigenvalue weighted by molar-refractivity contribution is -0.150. The van der Waals surface area contributed by atoms with Gasteiger partial charge < -0.3 is 53.8 Å². The zero-order valence-electron chi connectivity index (χ0n) is 32.2. The number of hydrogen-bond acceptors (Lipinski definition) is 11. The van der Waals surface area contributed by atoms with Gasteiger partial charge in [0, 0.05) is 59.4 Å². The fourth-order valence-corrected chi connectivity index (χ4v) is 7.01. The van der Waals surface area contributed by atoms with Gasteiger partial charge in [0.05, 0.1) is 70.1 Å². The molecule has 2 heterocycles. The molecule has 292 valence electrons. The second-order valence-electron chi connectivity index (χ2n) is 14.6. The van der Waals surface area contributed by atoms with E-state index in [1.165, 1.54) is 0 Å². The number of fused-ring (bicyclic) bond motifs is 1. The van der Waals surface area contributed by atoms with E-state index in [0.717, 1.165) is 47.6 Å². The Kier molecular flexibility index (Phi) is 17.6. The van der Waals surface area contributed by atoms with Crippen LogP contribution in [-0.2, 0) is 46.4 Å². The molecule has 0 spiro atoms. The van der Waals surface area contributed by atoms with Crippen molar-refractivity contribution in [1.82, 2.24) is 4.90 Å². The van der Waals surface area contributed by atoms with E-state index in [1.807, 2.05) is 12.1 Å². The number of rotatable bonds is 22. The van der Waals surface area contributed by atoms with Crippen molar-refractivity contribution in [2.24, 2.45) is 17.6 Å². The van der Waals surface area contributed by atoms with Crippen LogP contribution in [0.5, 0.6) is 5.75 Å². The van der Waals surface area contributed by atoms with Gasteiger partial charge >= 0.3 is 0 Å². The Hall–Kier alpha value is -2.81. The summed E-state index contributed by atoms with van der Waals surface area (Å²) in [5, 5.41) is 10.6. The number of methoxy groups -OCH3 is 3. The third-order valence-electron chi connectivity index (χ3n) is 9.53. The van der Waals surface area contributed by atoms with Crippen molar-refractivity contribution >= 4 is 11.6 Å². The molecular formula is C40H63N3O9. The van der Waals surface area contributed by atoms with Crippen LogP contribution in [-0.4, -0.2) is 127 Å². The first kappa shape index (κ1) is 41.9. The second kappa shape index (κ2) is 21.8. The summed E-state index contributed by atoms with van der Waals surface area (Å²) in [6.07, 6.45) is -0.208. The molecule has 4 rings (SSSR count). The van der Waals surface area contributed by atoms with Crippen LogP contribution >= 0.6 is 0 Å². The first-order chi connectivity index (χ1) is 25.1. The number of hydrogen-bond donors (Lipinski definition) is 2. The number of benzene rings is 2. The van der Waals surface area contributed by atoms with E-state index in [2.05, 4.69) is 56.0 Å². The quantitative estimate of drug-likeness (QED) is 0.171. The van der Waals surface area contributed by atoms with Gasteiger partial charge in [0.25, 0.3) is 0 Å². The summed E-state index contributed by atoms with van der Waals surface area (Å²) >= 11 is 0. The van der Waals surface area contributed by atoms with Crippen molar-refractivity contribution in [1.29, 1.82) is 0 Å².